The lowest BCUT2D eigenvalue weighted by Gasteiger charge is -2.21. The molecular formula is C13H17BrN4. The van der Waals surface area contributed by atoms with Crippen LogP contribution in [0.5, 0.6) is 0 Å². The van der Waals surface area contributed by atoms with E-state index in [1.165, 1.54) is 0 Å². The molecule has 0 radical (unpaired) electrons. The molecule has 0 aliphatic heterocycles. The van der Waals surface area contributed by atoms with E-state index in [2.05, 4.69) is 59.0 Å². The van der Waals surface area contributed by atoms with Gasteiger partial charge in [0.15, 0.2) is 5.82 Å². The topological polar surface area (TPSA) is 42.7 Å². The monoisotopic (exact) mass is 308 g/mol. The maximum Gasteiger partial charge on any atom is 0.153 e. The second-order valence-corrected chi connectivity index (χ2v) is 6.04. The first-order chi connectivity index (χ1) is 8.36. The zero-order valence-corrected chi connectivity index (χ0v) is 12.6. The summed E-state index contributed by atoms with van der Waals surface area (Å²) in [5.74, 6) is 1.59. The van der Waals surface area contributed by atoms with Gasteiger partial charge in [0.05, 0.1) is 5.54 Å². The van der Waals surface area contributed by atoms with E-state index in [0.29, 0.717) is 0 Å². The Labute approximate surface area is 116 Å². The zero-order chi connectivity index (χ0) is 13.3. The van der Waals surface area contributed by atoms with E-state index in [4.69, 9.17) is 0 Å². The Hall–Kier alpha value is -1.36. The van der Waals surface area contributed by atoms with Crippen LogP contribution in [-0.2, 0) is 5.54 Å². The quantitative estimate of drug-likeness (QED) is 0.857. The molecule has 2 heterocycles. The van der Waals surface area contributed by atoms with Gasteiger partial charge < -0.3 is 5.32 Å². The SMILES string of the molecule is Cc1cc(Nc2cccc(Br)n2)nn1C(C)(C)C. The summed E-state index contributed by atoms with van der Waals surface area (Å²) in [6.45, 7) is 8.45. The molecule has 0 atom stereocenters. The maximum absolute atomic E-state index is 4.56. The van der Waals surface area contributed by atoms with E-state index in [-0.39, 0.29) is 5.54 Å². The maximum atomic E-state index is 4.56. The minimum absolute atomic E-state index is 0.0191. The van der Waals surface area contributed by atoms with E-state index >= 15 is 0 Å². The second kappa shape index (κ2) is 4.72. The molecule has 0 saturated carbocycles. The van der Waals surface area contributed by atoms with E-state index < -0.39 is 0 Å². The lowest BCUT2D eigenvalue weighted by Crippen LogP contribution is -2.24. The zero-order valence-electron chi connectivity index (χ0n) is 11.0. The summed E-state index contributed by atoms with van der Waals surface area (Å²) in [6, 6.07) is 7.77. The fraction of sp³-hybridized carbons (Fsp3) is 0.385. The Balaban J connectivity index is 2.26. The lowest BCUT2D eigenvalue weighted by molar-refractivity contribution is 0.349. The van der Waals surface area contributed by atoms with E-state index in [1.54, 1.807) is 0 Å². The summed E-state index contributed by atoms with van der Waals surface area (Å²) >= 11 is 3.35. The van der Waals surface area contributed by atoms with Crippen LogP contribution in [0.3, 0.4) is 0 Å². The van der Waals surface area contributed by atoms with Crippen molar-refractivity contribution in [3.63, 3.8) is 0 Å². The lowest BCUT2D eigenvalue weighted by atomic mass is 10.1. The van der Waals surface area contributed by atoms with Crippen molar-refractivity contribution in [2.75, 3.05) is 5.32 Å². The van der Waals surface area contributed by atoms with Gasteiger partial charge in [-0.05, 0) is 55.8 Å². The summed E-state index contributed by atoms with van der Waals surface area (Å²) < 4.78 is 2.81. The van der Waals surface area contributed by atoms with Crippen LogP contribution in [-0.4, -0.2) is 14.8 Å². The van der Waals surface area contributed by atoms with Gasteiger partial charge in [-0.2, -0.15) is 5.10 Å². The Bertz CT molecular complexity index is 554. The highest BCUT2D eigenvalue weighted by Gasteiger charge is 2.17. The first kappa shape index (κ1) is 13.1. The summed E-state index contributed by atoms with van der Waals surface area (Å²) in [4.78, 5) is 4.33. The molecule has 0 amide bonds. The second-order valence-electron chi connectivity index (χ2n) is 5.22. The van der Waals surface area contributed by atoms with Crippen molar-refractivity contribution in [2.24, 2.45) is 0 Å². The highest BCUT2D eigenvalue weighted by Crippen LogP contribution is 2.21. The molecule has 1 N–H and O–H groups in total. The third-order valence-electron chi connectivity index (χ3n) is 2.49. The molecule has 4 nitrogen and oxygen atoms in total. The molecule has 0 saturated heterocycles. The molecule has 0 aliphatic carbocycles. The minimum Gasteiger partial charge on any atom is -0.323 e. The molecular weight excluding hydrogens is 292 g/mol. The summed E-state index contributed by atoms with van der Waals surface area (Å²) in [5, 5.41) is 7.76. The number of rotatable bonds is 2. The van der Waals surface area contributed by atoms with Crippen LogP contribution in [0.1, 0.15) is 26.5 Å². The van der Waals surface area contributed by atoms with Crippen LogP contribution in [0, 0.1) is 6.92 Å². The van der Waals surface area contributed by atoms with Gasteiger partial charge in [-0.15, -0.1) is 0 Å². The van der Waals surface area contributed by atoms with Crippen molar-refractivity contribution in [1.82, 2.24) is 14.8 Å². The molecule has 2 aromatic rings. The van der Waals surface area contributed by atoms with Crippen molar-refractivity contribution >= 4 is 27.6 Å². The molecule has 0 aromatic carbocycles. The Morgan fingerprint density at radius 2 is 1.94 bits per heavy atom. The number of aromatic nitrogens is 3. The Kier molecular flexibility index (Phi) is 3.43. The van der Waals surface area contributed by atoms with Gasteiger partial charge >= 0.3 is 0 Å². The van der Waals surface area contributed by atoms with Crippen LogP contribution in [0.2, 0.25) is 0 Å². The molecule has 0 unspecified atom stereocenters. The van der Waals surface area contributed by atoms with Crippen LogP contribution in [0.15, 0.2) is 28.9 Å². The third kappa shape index (κ3) is 2.90. The predicted octanol–water partition coefficient (Wildman–Crippen LogP) is 3.85. The number of anilines is 2. The Morgan fingerprint density at radius 3 is 2.50 bits per heavy atom. The highest BCUT2D eigenvalue weighted by atomic mass is 79.9. The number of halogens is 1. The van der Waals surface area contributed by atoms with E-state index in [1.807, 2.05) is 28.9 Å². The Morgan fingerprint density at radius 1 is 1.22 bits per heavy atom. The fourth-order valence-electron chi connectivity index (χ4n) is 1.82. The molecule has 0 aliphatic rings. The van der Waals surface area contributed by atoms with Crippen LogP contribution >= 0.6 is 15.9 Å². The molecule has 96 valence electrons. The number of pyridine rings is 1. The average molecular weight is 309 g/mol. The number of aryl methyl sites for hydroxylation is 1. The standard InChI is InChI=1S/C13H17BrN4/c1-9-8-12(17-18(9)13(2,3)4)16-11-7-5-6-10(14)15-11/h5-8H,1-4H3,(H,15,16,17). The van der Waals surface area contributed by atoms with Gasteiger partial charge in [-0.1, -0.05) is 6.07 Å². The van der Waals surface area contributed by atoms with E-state index in [9.17, 15) is 0 Å². The predicted molar refractivity (Wildman–Crippen MR) is 77.2 cm³/mol. The number of hydrogen-bond donors (Lipinski definition) is 1. The summed E-state index contributed by atoms with van der Waals surface area (Å²) in [6.07, 6.45) is 0. The fourth-order valence-corrected chi connectivity index (χ4v) is 2.17. The number of hydrogen-bond acceptors (Lipinski definition) is 3. The molecule has 0 spiro atoms. The van der Waals surface area contributed by atoms with Crippen molar-refractivity contribution in [3.8, 4) is 0 Å². The van der Waals surface area contributed by atoms with Gasteiger partial charge in [0, 0.05) is 11.8 Å². The van der Waals surface area contributed by atoms with Crippen LogP contribution in [0.4, 0.5) is 11.6 Å². The highest BCUT2D eigenvalue weighted by molar-refractivity contribution is 9.10. The molecule has 0 bridgehead atoms. The van der Waals surface area contributed by atoms with Crippen molar-refractivity contribution in [1.29, 1.82) is 0 Å². The third-order valence-corrected chi connectivity index (χ3v) is 2.94. The normalized spacial score (nSPS) is 11.6. The van der Waals surface area contributed by atoms with E-state index in [0.717, 1.165) is 21.9 Å². The average Bonchev–Trinajstić information content (AvgIpc) is 2.59. The van der Waals surface area contributed by atoms with Crippen LogP contribution < -0.4 is 5.32 Å². The first-order valence-electron chi connectivity index (χ1n) is 5.83. The summed E-state index contributed by atoms with van der Waals surface area (Å²) in [5.41, 5.74) is 1.11. The number of nitrogens with zero attached hydrogens (tertiary/aromatic N) is 3. The van der Waals surface area contributed by atoms with Crippen molar-refractivity contribution < 1.29 is 0 Å². The van der Waals surface area contributed by atoms with Gasteiger partial charge in [0.25, 0.3) is 0 Å². The molecule has 2 rings (SSSR count). The summed E-state index contributed by atoms with van der Waals surface area (Å²) in [7, 11) is 0. The minimum atomic E-state index is -0.0191. The van der Waals surface area contributed by atoms with Gasteiger partial charge in [-0.25, -0.2) is 4.98 Å². The first-order valence-corrected chi connectivity index (χ1v) is 6.62. The smallest absolute Gasteiger partial charge is 0.153 e. The van der Waals surface area contributed by atoms with Gasteiger partial charge in [0.1, 0.15) is 10.4 Å². The molecule has 18 heavy (non-hydrogen) atoms. The van der Waals surface area contributed by atoms with Crippen molar-refractivity contribution in [2.45, 2.75) is 33.2 Å². The molecule has 0 fully saturated rings. The molecule has 2 aromatic heterocycles. The van der Waals surface area contributed by atoms with Gasteiger partial charge in [0.2, 0.25) is 0 Å². The number of nitrogens with one attached hydrogen (secondary N) is 1. The van der Waals surface area contributed by atoms with Crippen LogP contribution in [0.25, 0.3) is 0 Å². The van der Waals surface area contributed by atoms with Crippen molar-refractivity contribution in [3.05, 3.63) is 34.6 Å². The van der Waals surface area contributed by atoms with Gasteiger partial charge in [-0.3, -0.25) is 4.68 Å². The molecule has 5 heteroatoms. The largest absolute Gasteiger partial charge is 0.323 e.